The molecule has 1 rings (SSSR count). The molecule has 0 saturated heterocycles. The van der Waals surface area contributed by atoms with Crippen molar-refractivity contribution in [3.8, 4) is 0 Å². The molecule has 0 aliphatic heterocycles. The lowest BCUT2D eigenvalue weighted by Gasteiger charge is -2.30. The van der Waals surface area contributed by atoms with Gasteiger partial charge >= 0.3 is 0 Å². The summed E-state index contributed by atoms with van der Waals surface area (Å²) in [4.78, 5) is 6.78. The molecule has 152 valence electrons. The number of hydrogen-bond donors (Lipinski definition) is 2. The van der Waals surface area contributed by atoms with Crippen LogP contribution in [0, 0.1) is 0 Å². The van der Waals surface area contributed by atoms with Crippen LogP contribution in [0.3, 0.4) is 0 Å². The van der Waals surface area contributed by atoms with Crippen LogP contribution in [0.5, 0.6) is 0 Å². The maximum absolute atomic E-state index is 5.47. The van der Waals surface area contributed by atoms with Gasteiger partial charge in [-0.15, -0.1) is 24.0 Å². The van der Waals surface area contributed by atoms with E-state index in [-0.39, 0.29) is 24.0 Å². The quantitative estimate of drug-likeness (QED) is 0.190. The SMILES string of the molecule is CCN(CC)C(CNC(=NC)NCCCOCCOC)c1ccsc1.I. The largest absolute Gasteiger partial charge is 0.382 e. The summed E-state index contributed by atoms with van der Waals surface area (Å²) in [5.41, 5.74) is 1.36. The number of hydrogen-bond acceptors (Lipinski definition) is 5. The predicted octanol–water partition coefficient (Wildman–Crippen LogP) is 2.97. The van der Waals surface area contributed by atoms with E-state index < -0.39 is 0 Å². The highest BCUT2D eigenvalue weighted by Gasteiger charge is 2.18. The van der Waals surface area contributed by atoms with Gasteiger partial charge in [-0.3, -0.25) is 9.89 Å². The zero-order valence-electron chi connectivity index (χ0n) is 16.5. The first-order chi connectivity index (χ1) is 12.3. The Kier molecular flexibility index (Phi) is 16.5. The molecule has 0 saturated carbocycles. The smallest absolute Gasteiger partial charge is 0.191 e. The van der Waals surface area contributed by atoms with E-state index >= 15 is 0 Å². The van der Waals surface area contributed by atoms with E-state index in [2.05, 4.69) is 51.2 Å². The van der Waals surface area contributed by atoms with E-state index in [1.807, 2.05) is 0 Å². The highest BCUT2D eigenvalue weighted by Crippen LogP contribution is 2.22. The number of nitrogens with one attached hydrogen (secondary N) is 2. The van der Waals surface area contributed by atoms with Gasteiger partial charge < -0.3 is 20.1 Å². The van der Waals surface area contributed by atoms with Crippen LogP contribution in [0.4, 0.5) is 0 Å². The first-order valence-electron chi connectivity index (χ1n) is 9.04. The molecule has 0 spiro atoms. The number of likely N-dealkylation sites (N-methyl/N-ethyl adjacent to an activating group) is 1. The number of methoxy groups -OCH3 is 1. The van der Waals surface area contributed by atoms with E-state index in [9.17, 15) is 0 Å². The van der Waals surface area contributed by atoms with E-state index in [1.165, 1.54) is 5.56 Å². The second kappa shape index (κ2) is 16.7. The molecule has 0 aliphatic carbocycles. The Morgan fingerprint density at radius 2 is 2.00 bits per heavy atom. The maximum Gasteiger partial charge on any atom is 0.191 e. The summed E-state index contributed by atoms with van der Waals surface area (Å²) >= 11 is 1.75. The zero-order valence-corrected chi connectivity index (χ0v) is 19.6. The van der Waals surface area contributed by atoms with Crippen LogP contribution in [0.25, 0.3) is 0 Å². The van der Waals surface area contributed by atoms with Gasteiger partial charge in [-0.1, -0.05) is 13.8 Å². The Morgan fingerprint density at radius 1 is 1.23 bits per heavy atom. The summed E-state index contributed by atoms with van der Waals surface area (Å²) in [5.74, 6) is 0.837. The third kappa shape index (κ3) is 10.1. The van der Waals surface area contributed by atoms with Crippen LogP contribution >= 0.6 is 35.3 Å². The molecule has 6 nitrogen and oxygen atoms in total. The van der Waals surface area contributed by atoms with E-state index in [0.29, 0.717) is 19.3 Å². The number of halogens is 1. The Hall–Kier alpha value is -0.420. The van der Waals surface area contributed by atoms with Crippen molar-refractivity contribution in [2.45, 2.75) is 26.3 Å². The van der Waals surface area contributed by atoms with Crippen molar-refractivity contribution in [3.05, 3.63) is 22.4 Å². The molecule has 8 heteroatoms. The molecule has 0 aromatic carbocycles. The molecule has 0 bridgehead atoms. The van der Waals surface area contributed by atoms with Crippen LogP contribution in [0.1, 0.15) is 31.9 Å². The second-order valence-corrected chi connectivity index (χ2v) is 6.41. The van der Waals surface area contributed by atoms with Gasteiger partial charge in [-0.25, -0.2) is 0 Å². The number of thiophene rings is 1. The normalized spacial score (nSPS) is 12.7. The van der Waals surface area contributed by atoms with Gasteiger partial charge in [0.15, 0.2) is 5.96 Å². The fraction of sp³-hybridized carbons (Fsp3) is 0.722. The third-order valence-electron chi connectivity index (χ3n) is 4.06. The standard InChI is InChI=1S/C18H34N4O2S.HI/c1-5-22(6-2)17(16-8-13-25-15-16)14-21-18(19-3)20-9-7-10-24-12-11-23-4;/h8,13,15,17H,5-7,9-12,14H2,1-4H3,(H2,19,20,21);1H. The minimum atomic E-state index is 0. The highest BCUT2D eigenvalue weighted by atomic mass is 127. The third-order valence-corrected chi connectivity index (χ3v) is 4.76. The van der Waals surface area contributed by atoms with Crippen LogP contribution in [-0.4, -0.2) is 71.0 Å². The van der Waals surface area contributed by atoms with E-state index in [1.54, 1.807) is 25.5 Å². The van der Waals surface area contributed by atoms with Crippen LogP contribution < -0.4 is 10.6 Å². The molecule has 1 unspecified atom stereocenters. The van der Waals surface area contributed by atoms with Gasteiger partial charge in [-0.05, 0) is 41.9 Å². The van der Waals surface area contributed by atoms with Crippen molar-refractivity contribution in [1.29, 1.82) is 0 Å². The average molecular weight is 498 g/mol. The van der Waals surface area contributed by atoms with E-state index in [0.717, 1.165) is 45.2 Å². The van der Waals surface area contributed by atoms with Crippen molar-refractivity contribution in [1.82, 2.24) is 15.5 Å². The molecular formula is C18H35IN4O2S. The number of rotatable bonds is 13. The lowest BCUT2D eigenvalue weighted by molar-refractivity contribution is 0.0698. The van der Waals surface area contributed by atoms with Crippen molar-refractivity contribution < 1.29 is 9.47 Å². The van der Waals surface area contributed by atoms with Crippen LogP contribution in [-0.2, 0) is 9.47 Å². The summed E-state index contributed by atoms with van der Waals surface area (Å²) in [6, 6.07) is 2.57. The summed E-state index contributed by atoms with van der Waals surface area (Å²) in [6.07, 6.45) is 0.939. The monoisotopic (exact) mass is 498 g/mol. The lowest BCUT2D eigenvalue weighted by Crippen LogP contribution is -2.43. The molecular weight excluding hydrogens is 463 g/mol. The van der Waals surface area contributed by atoms with Crippen molar-refractivity contribution in [2.24, 2.45) is 4.99 Å². The number of nitrogens with zero attached hydrogens (tertiary/aromatic N) is 2. The molecule has 26 heavy (non-hydrogen) atoms. The van der Waals surface area contributed by atoms with Gasteiger partial charge in [-0.2, -0.15) is 11.3 Å². The first-order valence-corrected chi connectivity index (χ1v) is 9.98. The van der Waals surface area contributed by atoms with E-state index in [4.69, 9.17) is 9.47 Å². The van der Waals surface area contributed by atoms with Crippen LogP contribution in [0.15, 0.2) is 21.8 Å². The number of ether oxygens (including phenoxy) is 2. The average Bonchev–Trinajstić information content (AvgIpc) is 3.16. The Bertz CT molecular complexity index is 456. The predicted molar refractivity (Wildman–Crippen MR) is 122 cm³/mol. The topological polar surface area (TPSA) is 58.1 Å². The maximum atomic E-state index is 5.47. The highest BCUT2D eigenvalue weighted by molar-refractivity contribution is 14.0. The minimum absolute atomic E-state index is 0. The van der Waals surface area contributed by atoms with Gasteiger partial charge in [0.1, 0.15) is 0 Å². The van der Waals surface area contributed by atoms with Crippen molar-refractivity contribution >= 4 is 41.3 Å². The summed E-state index contributed by atoms with van der Waals surface area (Å²) in [7, 11) is 3.49. The Labute approximate surface area is 179 Å². The summed E-state index contributed by atoms with van der Waals surface area (Å²) < 4.78 is 10.4. The molecule has 2 N–H and O–H groups in total. The van der Waals surface area contributed by atoms with Gasteiger partial charge in [0, 0.05) is 33.9 Å². The summed E-state index contributed by atoms with van der Waals surface area (Å²) in [5, 5.41) is 11.2. The lowest BCUT2D eigenvalue weighted by atomic mass is 10.1. The molecule has 0 aliphatic rings. The van der Waals surface area contributed by atoms with Gasteiger partial charge in [0.2, 0.25) is 0 Å². The molecule has 0 amide bonds. The molecule has 1 aromatic heterocycles. The molecule has 0 radical (unpaired) electrons. The van der Waals surface area contributed by atoms with Gasteiger partial charge in [0.05, 0.1) is 19.3 Å². The number of aliphatic imine (C=N–C) groups is 1. The number of guanidine groups is 1. The van der Waals surface area contributed by atoms with Gasteiger partial charge in [0.25, 0.3) is 0 Å². The molecule has 1 heterocycles. The first kappa shape index (κ1) is 25.6. The fourth-order valence-electron chi connectivity index (χ4n) is 2.63. The van der Waals surface area contributed by atoms with Crippen molar-refractivity contribution in [3.63, 3.8) is 0 Å². The molecule has 1 aromatic rings. The fourth-order valence-corrected chi connectivity index (χ4v) is 3.33. The Morgan fingerprint density at radius 3 is 2.58 bits per heavy atom. The zero-order chi connectivity index (χ0) is 18.3. The second-order valence-electron chi connectivity index (χ2n) is 5.63. The Balaban J connectivity index is 0.00000625. The summed E-state index contributed by atoms with van der Waals surface area (Å²) in [6.45, 7) is 10.2. The molecule has 1 atom stereocenters. The van der Waals surface area contributed by atoms with Crippen LogP contribution in [0.2, 0.25) is 0 Å². The minimum Gasteiger partial charge on any atom is -0.382 e. The molecule has 0 fully saturated rings. The van der Waals surface area contributed by atoms with Crippen molar-refractivity contribution in [2.75, 3.05) is 60.2 Å².